The molecule has 3 N–H and O–H groups in total. The van der Waals surface area contributed by atoms with Crippen LogP contribution in [0.5, 0.6) is 0 Å². The first-order valence-electron chi connectivity index (χ1n) is 6.16. The fourth-order valence-corrected chi connectivity index (χ4v) is 3.18. The average Bonchev–Trinajstić information content (AvgIpc) is 2.83. The van der Waals surface area contributed by atoms with E-state index in [0.29, 0.717) is 20.7 Å². The Morgan fingerprint density at radius 3 is 2.90 bits per heavy atom. The SMILES string of the molecule is CCN(C)c1nc(N)c(C(=O)Nc2ccc(Br)cc2Cl)s1. The van der Waals surface area contributed by atoms with Crippen LogP contribution in [0.3, 0.4) is 0 Å². The van der Waals surface area contributed by atoms with E-state index >= 15 is 0 Å². The van der Waals surface area contributed by atoms with Gasteiger partial charge in [0.15, 0.2) is 5.13 Å². The quantitative estimate of drug-likeness (QED) is 0.833. The number of hydrogen-bond acceptors (Lipinski definition) is 5. The maximum Gasteiger partial charge on any atom is 0.269 e. The van der Waals surface area contributed by atoms with Gasteiger partial charge in [0.1, 0.15) is 10.7 Å². The summed E-state index contributed by atoms with van der Waals surface area (Å²) >= 11 is 10.7. The summed E-state index contributed by atoms with van der Waals surface area (Å²) in [5.74, 6) is -0.0917. The van der Waals surface area contributed by atoms with E-state index in [9.17, 15) is 4.79 Å². The number of nitrogens with two attached hydrogens (primary N) is 1. The van der Waals surface area contributed by atoms with E-state index in [1.807, 2.05) is 18.9 Å². The summed E-state index contributed by atoms with van der Waals surface area (Å²) < 4.78 is 0.842. The van der Waals surface area contributed by atoms with Crippen LogP contribution < -0.4 is 16.0 Å². The Labute approximate surface area is 140 Å². The summed E-state index contributed by atoms with van der Waals surface area (Å²) in [6, 6.07) is 5.23. The number of nitrogen functional groups attached to an aromatic ring is 1. The van der Waals surface area contributed by atoms with Gasteiger partial charge in [0.05, 0.1) is 10.7 Å². The fraction of sp³-hybridized carbons (Fsp3) is 0.231. The van der Waals surface area contributed by atoms with Gasteiger partial charge < -0.3 is 16.0 Å². The van der Waals surface area contributed by atoms with Crippen LogP contribution in [0.25, 0.3) is 0 Å². The number of rotatable bonds is 4. The molecular weight excluding hydrogens is 376 g/mol. The molecule has 0 aliphatic heterocycles. The van der Waals surface area contributed by atoms with E-state index in [0.717, 1.165) is 11.0 Å². The Bertz CT molecular complexity index is 676. The van der Waals surface area contributed by atoms with Crippen molar-refractivity contribution in [3.05, 3.63) is 32.6 Å². The van der Waals surface area contributed by atoms with Crippen molar-refractivity contribution in [2.45, 2.75) is 6.92 Å². The largest absolute Gasteiger partial charge is 0.382 e. The van der Waals surface area contributed by atoms with E-state index in [-0.39, 0.29) is 11.7 Å². The van der Waals surface area contributed by atoms with Crippen molar-refractivity contribution in [3.8, 4) is 0 Å². The molecule has 0 atom stereocenters. The number of carbonyl (C=O) groups excluding carboxylic acids is 1. The maximum atomic E-state index is 12.3. The molecule has 0 bridgehead atoms. The van der Waals surface area contributed by atoms with Crippen molar-refractivity contribution in [1.82, 2.24) is 4.98 Å². The lowest BCUT2D eigenvalue weighted by atomic mass is 10.3. The lowest BCUT2D eigenvalue weighted by molar-refractivity contribution is 0.103. The van der Waals surface area contributed by atoms with Gasteiger partial charge in [-0.15, -0.1) is 0 Å². The zero-order valence-electron chi connectivity index (χ0n) is 11.5. The molecule has 112 valence electrons. The van der Waals surface area contributed by atoms with Crippen LogP contribution in [0.2, 0.25) is 5.02 Å². The second-order valence-corrected chi connectivity index (χ2v) is 6.60. The standard InChI is InChI=1S/C13H14BrClN4OS/c1-3-19(2)13-18-11(16)10(21-13)12(20)17-9-5-4-7(14)6-8(9)15/h4-6H,3,16H2,1-2H3,(H,17,20). The van der Waals surface area contributed by atoms with Crippen molar-refractivity contribution >= 4 is 61.4 Å². The molecule has 1 aromatic heterocycles. The van der Waals surface area contributed by atoms with E-state index in [1.165, 1.54) is 11.3 Å². The summed E-state index contributed by atoms with van der Waals surface area (Å²) in [4.78, 5) is 18.8. The van der Waals surface area contributed by atoms with Crippen molar-refractivity contribution in [3.63, 3.8) is 0 Å². The van der Waals surface area contributed by atoms with Crippen LogP contribution >= 0.6 is 38.9 Å². The normalized spacial score (nSPS) is 10.5. The second kappa shape index (κ2) is 6.64. The molecule has 1 heterocycles. The highest BCUT2D eigenvalue weighted by atomic mass is 79.9. The molecular formula is C13H14BrClN4OS. The maximum absolute atomic E-state index is 12.3. The van der Waals surface area contributed by atoms with Gasteiger partial charge in [0, 0.05) is 18.1 Å². The lowest BCUT2D eigenvalue weighted by Gasteiger charge is -2.11. The minimum atomic E-state index is -0.315. The topological polar surface area (TPSA) is 71.2 Å². The summed E-state index contributed by atoms with van der Waals surface area (Å²) in [5, 5.41) is 3.91. The summed E-state index contributed by atoms with van der Waals surface area (Å²) in [5.41, 5.74) is 6.35. The molecule has 2 aromatic rings. The summed E-state index contributed by atoms with van der Waals surface area (Å²) in [7, 11) is 1.89. The molecule has 21 heavy (non-hydrogen) atoms. The first-order chi connectivity index (χ1) is 9.92. The Hall–Kier alpha value is -1.31. The number of hydrogen-bond donors (Lipinski definition) is 2. The summed E-state index contributed by atoms with van der Waals surface area (Å²) in [6.45, 7) is 2.78. The number of benzene rings is 1. The van der Waals surface area contributed by atoms with Crippen molar-refractivity contribution in [2.24, 2.45) is 0 Å². The molecule has 0 radical (unpaired) electrons. The Balaban J connectivity index is 2.22. The predicted molar refractivity (Wildman–Crippen MR) is 92.6 cm³/mol. The van der Waals surface area contributed by atoms with Gasteiger partial charge in [-0.3, -0.25) is 4.79 Å². The van der Waals surface area contributed by atoms with Crippen LogP contribution in [0.15, 0.2) is 22.7 Å². The predicted octanol–water partition coefficient (Wildman–Crippen LogP) is 3.85. The van der Waals surface area contributed by atoms with Gasteiger partial charge >= 0.3 is 0 Å². The van der Waals surface area contributed by atoms with Crippen molar-refractivity contribution < 1.29 is 4.79 Å². The fourth-order valence-electron chi connectivity index (χ4n) is 1.55. The Morgan fingerprint density at radius 2 is 2.29 bits per heavy atom. The number of carbonyl (C=O) groups is 1. The van der Waals surface area contributed by atoms with Gasteiger partial charge in [-0.1, -0.05) is 38.9 Å². The number of anilines is 3. The van der Waals surface area contributed by atoms with Gasteiger partial charge in [0.25, 0.3) is 5.91 Å². The second-order valence-electron chi connectivity index (χ2n) is 4.30. The van der Waals surface area contributed by atoms with E-state index in [4.69, 9.17) is 17.3 Å². The highest BCUT2D eigenvalue weighted by Crippen LogP contribution is 2.30. The molecule has 0 aliphatic carbocycles. The number of amides is 1. The van der Waals surface area contributed by atoms with E-state index < -0.39 is 0 Å². The van der Waals surface area contributed by atoms with Crippen LogP contribution in [0.4, 0.5) is 16.6 Å². The lowest BCUT2D eigenvalue weighted by Crippen LogP contribution is -2.15. The molecule has 0 saturated heterocycles. The molecule has 1 amide bonds. The summed E-state index contributed by atoms with van der Waals surface area (Å²) in [6.07, 6.45) is 0. The smallest absolute Gasteiger partial charge is 0.269 e. The molecule has 0 spiro atoms. The third kappa shape index (κ3) is 3.66. The molecule has 1 aromatic carbocycles. The van der Waals surface area contributed by atoms with Gasteiger partial charge in [-0.05, 0) is 25.1 Å². The highest BCUT2D eigenvalue weighted by molar-refractivity contribution is 9.10. The minimum absolute atomic E-state index is 0.223. The number of thiazole rings is 1. The minimum Gasteiger partial charge on any atom is -0.382 e. The third-order valence-electron chi connectivity index (χ3n) is 2.83. The van der Waals surface area contributed by atoms with Gasteiger partial charge in [0.2, 0.25) is 0 Å². The Kier molecular flexibility index (Phi) is 5.08. The van der Waals surface area contributed by atoms with Crippen molar-refractivity contribution in [2.75, 3.05) is 29.5 Å². The van der Waals surface area contributed by atoms with E-state index in [1.54, 1.807) is 18.2 Å². The first kappa shape index (κ1) is 16.1. The van der Waals surface area contributed by atoms with Gasteiger partial charge in [-0.25, -0.2) is 4.98 Å². The molecule has 8 heteroatoms. The molecule has 5 nitrogen and oxygen atoms in total. The average molecular weight is 390 g/mol. The molecule has 2 rings (SSSR count). The van der Waals surface area contributed by atoms with Crippen molar-refractivity contribution in [1.29, 1.82) is 0 Å². The number of nitrogens with zero attached hydrogens (tertiary/aromatic N) is 2. The van der Waals surface area contributed by atoms with Crippen LogP contribution in [-0.4, -0.2) is 24.5 Å². The van der Waals surface area contributed by atoms with Crippen LogP contribution in [-0.2, 0) is 0 Å². The molecule has 0 fully saturated rings. The molecule has 0 unspecified atom stereocenters. The van der Waals surface area contributed by atoms with Crippen LogP contribution in [0.1, 0.15) is 16.6 Å². The highest BCUT2D eigenvalue weighted by Gasteiger charge is 2.18. The number of nitrogens with one attached hydrogen (secondary N) is 1. The number of aromatic nitrogens is 1. The van der Waals surface area contributed by atoms with Crippen LogP contribution in [0, 0.1) is 0 Å². The zero-order chi connectivity index (χ0) is 15.6. The van der Waals surface area contributed by atoms with E-state index in [2.05, 4.69) is 26.2 Å². The van der Waals surface area contributed by atoms with Gasteiger partial charge in [-0.2, -0.15) is 0 Å². The Morgan fingerprint density at radius 1 is 1.57 bits per heavy atom. The monoisotopic (exact) mass is 388 g/mol. The zero-order valence-corrected chi connectivity index (χ0v) is 14.6. The molecule has 0 aliphatic rings. The third-order valence-corrected chi connectivity index (χ3v) is 4.82. The first-order valence-corrected chi connectivity index (χ1v) is 8.15. The molecule has 0 saturated carbocycles. The number of halogens is 2.